The summed E-state index contributed by atoms with van der Waals surface area (Å²) in [5.41, 5.74) is 6.68. The SMILES string of the molecule is Cc1[nH]c(N)nc1-c1ccc(C(F)(F)F)cc1.O=CO. The van der Waals surface area contributed by atoms with Crippen LogP contribution in [0.4, 0.5) is 19.1 Å². The Morgan fingerprint density at radius 2 is 1.80 bits per heavy atom. The quantitative estimate of drug-likeness (QED) is 0.703. The molecule has 0 bridgehead atoms. The van der Waals surface area contributed by atoms with Gasteiger partial charge >= 0.3 is 6.18 Å². The third-order valence-electron chi connectivity index (χ3n) is 2.39. The van der Waals surface area contributed by atoms with Crippen molar-refractivity contribution in [2.45, 2.75) is 13.1 Å². The number of nitrogens with one attached hydrogen (secondary N) is 1. The summed E-state index contributed by atoms with van der Waals surface area (Å²) in [6.45, 7) is 1.51. The molecular formula is C12H12F3N3O2. The van der Waals surface area contributed by atoms with Gasteiger partial charge in [0.15, 0.2) is 5.95 Å². The first-order valence-corrected chi connectivity index (χ1v) is 5.37. The van der Waals surface area contributed by atoms with Crippen molar-refractivity contribution in [2.24, 2.45) is 0 Å². The molecule has 108 valence electrons. The van der Waals surface area contributed by atoms with Crippen LogP contribution >= 0.6 is 0 Å². The Balaban J connectivity index is 0.000000612. The second kappa shape index (κ2) is 6.09. The van der Waals surface area contributed by atoms with Crippen molar-refractivity contribution < 1.29 is 23.1 Å². The Labute approximate surface area is 112 Å². The number of anilines is 1. The average Bonchev–Trinajstić information content (AvgIpc) is 2.68. The van der Waals surface area contributed by atoms with E-state index < -0.39 is 11.7 Å². The molecule has 4 N–H and O–H groups in total. The number of H-pyrrole nitrogens is 1. The van der Waals surface area contributed by atoms with Gasteiger partial charge in [0.05, 0.1) is 11.3 Å². The van der Waals surface area contributed by atoms with E-state index in [1.807, 2.05) is 0 Å². The molecule has 0 aliphatic rings. The lowest BCUT2D eigenvalue weighted by Gasteiger charge is -2.06. The normalized spacial score (nSPS) is 10.6. The molecule has 5 nitrogen and oxygen atoms in total. The van der Waals surface area contributed by atoms with Crippen LogP contribution in [0, 0.1) is 6.92 Å². The molecule has 1 aromatic heterocycles. The summed E-state index contributed by atoms with van der Waals surface area (Å²) < 4.78 is 37.1. The van der Waals surface area contributed by atoms with Crippen LogP contribution in [-0.2, 0) is 11.0 Å². The molecule has 1 aromatic carbocycles. The van der Waals surface area contributed by atoms with Crippen molar-refractivity contribution >= 4 is 12.4 Å². The maximum absolute atomic E-state index is 12.4. The number of imidazole rings is 1. The van der Waals surface area contributed by atoms with Gasteiger partial charge in [0.25, 0.3) is 6.47 Å². The fourth-order valence-corrected chi connectivity index (χ4v) is 1.58. The van der Waals surface area contributed by atoms with Gasteiger partial charge in [-0.3, -0.25) is 4.79 Å². The summed E-state index contributed by atoms with van der Waals surface area (Å²) >= 11 is 0. The molecular weight excluding hydrogens is 275 g/mol. The number of nitrogens with zero attached hydrogens (tertiary/aromatic N) is 1. The van der Waals surface area contributed by atoms with Crippen molar-refractivity contribution in [1.82, 2.24) is 9.97 Å². The first-order valence-electron chi connectivity index (χ1n) is 5.37. The second-order valence-corrected chi connectivity index (χ2v) is 3.78. The van der Waals surface area contributed by atoms with Crippen molar-refractivity contribution in [3.05, 3.63) is 35.5 Å². The number of nitrogens with two attached hydrogens (primary N) is 1. The minimum atomic E-state index is -4.32. The molecule has 0 radical (unpaired) electrons. The highest BCUT2D eigenvalue weighted by Crippen LogP contribution is 2.31. The van der Waals surface area contributed by atoms with Crippen LogP contribution in [-0.4, -0.2) is 21.5 Å². The molecule has 0 atom stereocenters. The van der Waals surface area contributed by atoms with Gasteiger partial charge in [0.2, 0.25) is 0 Å². The van der Waals surface area contributed by atoms with E-state index in [9.17, 15) is 13.2 Å². The third-order valence-corrected chi connectivity index (χ3v) is 2.39. The lowest BCUT2D eigenvalue weighted by Crippen LogP contribution is -2.04. The van der Waals surface area contributed by atoms with Crippen LogP contribution in [0.3, 0.4) is 0 Å². The van der Waals surface area contributed by atoms with E-state index in [1.54, 1.807) is 6.92 Å². The number of aromatic nitrogens is 2. The van der Waals surface area contributed by atoms with Crippen molar-refractivity contribution in [1.29, 1.82) is 0 Å². The van der Waals surface area contributed by atoms with E-state index in [0.29, 0.717) is 11.3 Å². The van der Waals surface area contributed by atoms with Crippen LogP contribution in [0.5, 0.6) is 0 Å². The molecule has 0 aliphatic heterocycles. The molecule has 0 saturated heterocycles. The van der Waals surface area contributed by atoms with E-state index in [1.165, 1.54) is 12.1 Å². The predicted molar refractivity (Wildman–Crippen MR) is 66.9 cm³/mol. The zero-order chi connectivity index (χ0) is 15.3. The van der Waals surface area contributed by atoms with E-state index in [4.69, 9.17) is 15.6 Å². The number of hydrogen-bond acceptors (Lipinski definition) is 3. The van der Waals surface area contributed by atoms with Gasteiger partial charge in [-0.15, -0.1) is 0 Å². The van der Waals surface area contributed by atoms with Crippen molar-refractivity contribution in [3.8, 4) is 11.3 Å². The Hall–Kier alpha value is -2.51. The number of carbonyl (C=O) groups is 1. The number of nitrogen functional groups attached to an aromatic ring is 1. The lowest BCUT2D eigenvalue weighted by atomic mass is 10.1. The Kier molecular flexibility index (Phi) is 4.73. The van der Waals surface area contributed by atoms with Crippen LogP contribution in [0.15, 0.2) is 24.3 Å². The molecule has 2 aromatic rings. The number of rotatable bonds is 1. The zero-order valence-electron chi connectivity index (χ0n) is 10.4. The summed E-state index contributed by atoms with van der Waals surface area (Å²) in [4.78, 5) is 15.2. The smallest absolute Gasteiger partial charge is 0.416 e. The topological polar surface area (TPSA) is 92.0 Å². The molecule has 0 saturated carbocycles. The molecule has 20 heavy (non-hydrogen) atoms. The second-order valence-electron chi connectivity index (χ2n) is 3.78. The minimum Gasteiger partial charge on any atom is -0.483 e. The Bertz CT molecular complexity index is 577. The van der Waals surface area contributed by atoms with E-state index in [-0.39, 0.29) is 12.4 Å². The highest BCUT2D eigenvalue weighted by atomic mass is 19.4. The highest BCUT2D eigenvalue weighted by Gasteiger charge is 2.30. The highest BCUT2D eigenvalue weighted by molar-refractivity contribution is 5.63. The van der Waals surface area contributed by atoms with Crippen molar-refractivity contribution in [2.75, 3.05) is 5.73 Å². The molecule has 0 aliphatic carbocycles. The summed E-state index contributed by atoms with van der Waals surface area (Å²) in [6.07, 6.45) is -4.32. The largest absolute Gasteiger partial charge is 0.483 e. The number of benzene rings is 1. The fraction of sp³-hybridized carbons (Fsp3) is 0.167. The van der Waals surface area contributed by atoms with E-state index >= 15 is 0 Å². The molecule has 8 heteroatoms. The minimum absolute atomic E-state index is 0.248. The van der Waals surface area contributed by atoms with Gasteiger partial charge in [-0.2, -0.15) is 13.2 Å². The number of aryl methyl sites for hydroxylation is 1. The molecule has 1 heterocycles. The van der Waals surface area contributed by atoms with Crippen LogP contribution < -0.4 is 5.73 Å². The number of aromatic amines is 1. The summed E-state index contributed by atoms with van der Waals surface area (Å²) in [6, 6.07) is 4.82. The molecule has 0 unspecified atom stereocenters. The number of alkyl halides is 3. The summed E-state index contributed by atoms with van der Waals surface area (Å²) in [7, 11) is 0. The number of carboxylic acid groups (broad SMARTS) is 1. The van der Waals surface area contributed by atoms with Gasteiger partial charge in [0, 0.05) is 11.3 Å². The van der Waals surface area contributed by atoms with Gasteiger partial charge in [-0.1, -0.05) is 12.1 Å². The van der Waals surface area contributed by atoms with Gasteiger partial charge in [-0.25, -0.2) is 4.98 Å². The fourth-order valence-electron chi connectivity index (χ4n) is 1.58. The lowest BCUT2D eigenvalue weighted by molar-refractivity contribution is -0.137. The van der Waals surface area contributed by atoms with Gasteiger partial charge in [-0.05, 0) is 19.1 Å². The van der Waals surface area contributed by atoms with Gasteiger partial charge in [0.1, 0.15) is 0 Å². The zero-order valence-corrected chi connectivity index (χ0v) is 10.4. The predicted octanol–water partition coefficient (Wildman–Crippen LogP) is 2.69. The third kappa shape index (κ3) is 3.74. The Morgan fingerprint density at radius 1 is 1.30 bits per heavy atom. The van der Waals surface area contributed by atoms with Crippen LogP contribution in [0.25, 0.3) is 11.3 Å². The molecule has 0 amide bonds. The van der Waals surface area contributed by atoms with Crippen molar-refractivity contribution in [3.63, 3.8) is 0 Å². The van der Waals surface area contributed by atoms with E-state index in [0.717, 1.165) is 17.8 Å². The number of halogens is 3. The summed E-state index contributed by atoms with van der Waals surface area (Å²) in [5.74, 6) is 0.248. The van der Waals surface area contributed by atoms with Crippen LogP contribution in [0.1, 0.15) is 11.3 Å². The maximum Gasteiger partial charge on any atom is 0.416 e. The molecule has 0 spiro atoms. The summed E-state index contributed by atoms with van der Waals surface area (Å²) in [5, 5.41) is 6.89. The monoisotopic (exact) mass is 287 g/mol. The first kappa shape index (κ1) is 15.5. The standard InChI is InChI=1S/C11H10F3N3.CH2O2/c1-6-9(17-10(15)16-6)7-2-4-8(5-3-7)11(12,13)14;2-1-3/h2-5H,1H3,(H3,15,16,17);1H,(H,2,3). The molecule has 0 fully saturated rings. The van der Waals surface area contributed by atoms with E-state index in [2.05, 4.69) is 9.97 Å². The first-order chi connectivity index (χ1) is 9.29. The Morgan fingerprint density at radius 3 is 2.15 bits per heavy atom. The molecule has 2 rings (SSSR count). The van der Waals surface area contributed by atoms with Gasteiger partial charge < -0.3 is 15.8 Å². The average molecular weight is 287 g/mol. The van der Waals surface area contributed by atoms with Crippen LogP contribution in [0.2, 0.25) is 0 Å². The number of hydrogen-bond donors (Lipinski definition) is 3. The maximum atomic E-state index is 12.4.